The first-order chi connectivity index (χ1) is 16.0. The number of hydrogen-bond acceptors (Lipinski definition) is 7. The molecule has 10 nitrogen and oxygen atoms in total. The Hall–Kier alpha value is -4.68. The average molecular weight is 472 g/mol. The van der Waals surface area contributed by atoms with Gasteiger partial charge in [-0.3, -0.25) is 9.69 Å². The van der Waals surface area contributed by atoms with Crippen molar-refractivity contribution < 1.29 is 27.8 Å². The van der Waals surface area contributed by atoms with Gasteiger partial charge in [0.05, 0.1) is 22.5 Å². The molecule has 0 fully saturated rings. The van der Waals surface area contributed by atoms with Crippen LogP contribution < -0.4 is 20.9 Å². The van der Waals surface area contributed by atoms with E-state index in [1.165, 1.54) is 6.07 Å². The summed E-state index contributed by atoms with van der Waals surface area (Å²) in [5, 5.41) is 9.34. The van der Waals surface area contributed by atoms with E-state index < -0.39 is 23.4 Å². The molecular weight excluding hydrogens is 457 g/mol. The van der Waals surface area contributed by atoms with Crippen molar-refractivity contribution in [1.82, 2.24) is 19.9 Å². The van der Waals surface area contributed by atoms with Gasteiger partial charge in [0.25, 0.3) is 5.56 Å². The Kier molecular flexibility index (Phi) is 5.53. The average Bonchev–Trinajstić information content (AvgIpc) is 2.79. The number of para-hydroxylation sites is 1. The summed E-state index contributed by atoms with van der Waals surface area (Å²) in [5.74, 6) is -0.0775. The molecule has 0 unspecified atom stereocenters. The number of amides is 1. The smallest absolute Gasteiger partial charge is 0.416 e. The zero-order chi connectivity index (χ0) is 24.6. The number of benzene rings is 2. The predicted octanol–water partition coefficient (Wildman–Crippen LogP) is 3.89. The van der Waals surface area contributed by atoms with Crippen molar-refractivity contribution in [2.24, 2.45) is 0 Å². The number of fused-ring (bicyclic) bond motifs is 1. The summed E-state index contributed by atoms with van der Waals surface area (Å²) in [6.07, 6.45) is -5.02. The van der Waals surface area contributed by atoms with E-state index in [0.717, 1.165) is 31.6 Å². The maximum Gasteiger partial charge on any atom is 0.416 e. The van der Waals surface area contributed by atoms with E-state index in [-0.39, 0.29) is 39.9 Å². The van der Waals surface area contributed by atoms with Gasteiger partial charge in [-0.2, -0.15) is 13.2 Å². The molecule has 2 aromatic heterocycles. The van der Waals surface area contributed by atoms with E-state index in [2.05, 4.69) is 19.9 Å². The van der Waals surface area contributed by atoms with Crippen LogP contribution in [0.1, 0.15) is 5.56 Å². The van der Waals surface area contributed by atoms with Crippen molar-refractivity contribution in [2.45, 2.75) is 6.18 Å². The SMILES string of the molecule is CN(C(=O)O)c1cc(C(F)(F)F)ccc1-c1cc(Oc2cccc3[nH]c(=O)c(N)nc23)ncn1. The zero-order valence-electron chi connectivity index (χ0n) is 17.3. The van der Waals surface area contributed by atoms with Crippen LogP contribution in [0.15, 0.2) is 53.6 Å². The van der Waals surface area contributed by atoms with Crippen LogP contribution >= 0.6 is 0 Å². The number of nitrogen functional groups attached to an aromatic ring is 1. The molecule has 0 aliphatic heterocycles. The van der Waals surface area contributed by atoms with E-state index in [0.29, 0.717) is 10.4 Å². The van der Waals surface area contributed by atoms with E-state index in [1.54, 1.807) is 18.2 Å². The molecule has 0 bridgehead atoms. The second-order valence-corrected chi connectivity index (χ2v) is 7.02. The summed E-state index contributed by atoms with van der Waals surface area (Å²) in [6.45, 7) is 0. The van der Waals surface area contributed by atoms with E-state index in [1.807, 2.05) is 0 Å². The topological polar surface area (TPSA) is 147 Å². The van der Waals surface area contributed by atoms with Crippen LogP contribution in [0.3, 0.4) is 0 Å². The number of carbonyl (C=O) groups is 1. The third-order valence-corrected chi connectivity index (χ3v) is 4.82. The Labute approximate surface area is 188 Å². The van der Waals surface area contributed by atoms with Gasteiger partial charge in [0.2, 0.25) is 5.88 Å². The van der Waals surface area contributed by atoms with Gasteiger partial charge in [-0.25, -0.2) is 19.7 Å². The minimum absolute atomic E-state index is 0.00658. The molecule has 0 aliphatic carbocycles. The van der Waals surface area contributed by atoms with Crippen LogP contribution in [0, 0.1) is 0 Å². The van der Waals surface area contributed by atoms with Gasteiger partial charge in [-0.15, -0.1) is 0 Å². The third-order valence-electron chi connectivity index (χ3n) is 4.82. The fourth-order valence-corrected chi connectivity index (χ4v) is 3.14. The third kappa shape index (κ3) is 4.30. The van der Waals surface area contributed by atoms with E-state index in [4.69, 9.17) is 10.5 Å². The van der Waals surface area contributed by atoms with E-state index >= 15 is 0 Å². The van der Waals surface area contributed by atoms with E-state index in [9.17, 15) is 27.9 Å². The number of aromatic amines is 1. The molecular formula is C21H15F3N6O4. The van der Waals surface area contributed by atoms with Gasteiger partial charge in [0.1, 0.15) is 11.8 Å². The summed E-state index contributed by atoms with van der Waals surface area (Å²) in [7, 11) is 1.12. The summed E-state index contributed by atoms with van der Waals surface area (Å²) >= 11 is 0. The number of nitrogens with zero attached hydrogens (tertiary/aromatic N) is 4. The Balaban J connectivity index is 1.78. The summed E-state index contributed by atoms with van der Waals surface area (Å²) in [5.41, 5.74) is 4.61. The van der Waals surface area contributed by atoms with Crippen molar-refractivity contribution in [3.05, 3.63) is 64.7 Å². The largest absolute Gasteiger partial charge is 0.465 e. The highest BCUT2D eigenvalue weighted by atomic mass is 19.4. The fourth-order valence-electron chi connectivity index (χ4n) is 3.14. The fraction of sp³-hybridized carbons (Fsp3) is 0.0952. The summed E-state index contributed by atoms with van der Waals surface area (Å²) < 4.78 is 45.4. The monoisotopic (exact) mass is 472 g/mol. The van der Waals surface area contributed by atoms with Gasteiger partial charge in [-0.1, -0.05) is 12.1 Å². The van der Waals surface area contributed by atoms with Crippen LogP contribution in [0.2, 0.25) is 0 Å². The molecule has 0 saturated heterocycles. The normalized spacial score (nSPS) is 11.4. The molecule has 2 aromatic carbocycles. The molecule has 0 atom stereocenters. The molecule has 2 heterocycles. The van der Waals surface area contributed by atoms with Crippen molar-refractivity contribution >= 4 is 28.6 Å². The quantitative estimate of drug-likeness (QED) is 0.405. The molecule has 0 aliphatic rings. The predicted molar refractivity (Wildman–Crippen MR) is 116 cm³/mol. The summed E-state index contributed by atoms with van der Waals surface area (Å²) in [4.78, 5) is 38.5. The lowest BCUT2D eigenvalue weighted by Crippen LogP contribution is -2.25. The molecule has 4 aromatic rings. The van der Waals surface area contributed by atoms with Gasteiger partial charge in [0, 0.05) is 18.7 Å². The highest BCUT2D eigenvalue weighted by Crippen LogP contribution is 2.37. The molecule has 0 spiro atoms. The molecule has 1 amide bonds. The zero-order valence-corrected chi connectivity index (χ0v) is 17.3. The number of nitrogens with one attached hydrogen (secondary N) is 1. The Morgan fingerprint density at radius 2 is 1.94 bits per heavy atom. The standard InChI is InChI=1S/C21H15F3N6O4/c1-30(20(32)33)14-7-10(21(22,23)24)5-6-11(14)13-8-16(27-9-26-13)34-15-4-2-3-12-17(15)29-18(25)19(31)28-12/h2-9H,1H3,(H2,25,29)(H,28,31)(H,32,33). The van der Waals surface area contributed by atoms with Gasteiger partial charge < -0.3 is 20.6 Å². The minimum Gasteiger partial charge on any atom is -0.465 e. The van der Waals surface area contributed by atoms with Gasteiger partial charge in [-0.05, 0) is 24.3 Å². The molecule has 0 saturated carbocycles. The number of hydrogen-bond donors (Lipinski definition) is 3. The van der Waals surface area contributed by atoms with Crippen molar-refractivity contribution in [1.29, 1.82) is 0 Å². The van der Waals surface area contributed by atoms with Gasteiger partial charge in [0.15, 0.2) is 11.6 Å². The number of alkyl halides is 3. The van der Waals surface area contributed by atoms with Crippen LogP contribution in [0.25, 0.3) is 22.3 Å². The number of anilines is 2. The second kappa shape index (κ2) is 8.35. The van der Waals surface area contributed by atoms with Crippen LogP contribution in [-0.4, -0.2) is 38.2 Å². The highest BCUT2D eigenvalue weighted by Gasteiger charge is 2.32. The Bertz CT molecular complexity index is 1470. The Morgan fingerprint density at radius 3 is 2.65 bits per heavy atom. The molecule has 174 valence electrons. The molecule has 4 rings (SSSR count). The van der Waals surface area contributed by atoms with Crippen LogP contribution in [-0.2, 0) is 6.18 Å². The number of rotatable bonds is 4. The molecule has 34 heavy (non-hydrogen) atoms. The Morgan fingerprint density at radius 1 is 1.18 bits per heavy atom. The maximum absolute atomic E-state index is 13.2. The van der Waals surface area contributed by atoms with Crippen LogP contribution in [0.4, 0.5) is 29.5 Å². The number of H-pyrrole nitrogens is 1. The number of ether oxygens (including phenoxy) is 1. The van der Waals surface area contributed by atoms with Crippen molar-refractivity contribution in [3.8, 4) is 22.9 Å². The van der Waals surface area contributed by atoms with Gasteiger partial charge >= 0.3 is 12.3 Å². The number of nitrogens with two attached hydrogens (primary N) is 1. The first kappa shape index (κ1) is 22.5. The number of halogens is 3. The van der Waals surface area contributed by atoms with Crippen molar-refractivity contribution in [3.63, 3.8) is 0 Å². The number of aromatic nitrogens is 4. The molecule has 13 heteroatoms. The molecule has 4 N–H and O–H groups in total. The lowest BCUT2D eigenvalue weighted by molar-refractivity contribution is -0.137. The lowest BCUT2D eigenvalue weighted by Gasteiger charge is -2.19. The first-order valence-electron chi connectivity index (χ1n) is 9.51. The van der Waals surface area contributed by atoms with Crippen molar-refractivity contribution in [2.75, 3.05) is 17.7 Å². The first-order valence-corrected chi connectivity index (χ1v) is 9.51. The summed E-state index contributed by atoms with van der Waals surface area (Å²) in [6, 6.07) is 8.74. The number of carboxylic acid groups (broad SMARTS) is 1. The highest BCUT2D eigenvalue weighted by molar-refractivity contribution is 5.92. The molecule has 0 radical (unpaired) electrons. The lowest BCUT2D eigenvalue weighted by atomic mass is 10.0. The maximum atomic E-state index is 13.2. The second-order valence-electron chi connectivity index (χ2n) is 7.02. The minimum atomic E-state index is -4.67. The van der Waals surface area contributed by atoms with Crippen LogP contribution in [0.5, 0.6) is 11.6 Å².